The van der Waals surface area contributed by atoms with Crippen LogP contribution in [0.5, 0.6) is 5.75 Å². The number of nitrogens with zero attached hydrogens (tertiary/aromatic N) is 3. The van der Waals surface area contributed by atoms with Gasteiger partial charge in [-0.15, -0.1) is 0 Å². The van der Waals surface area contributed by atoms with Crippen LogP contribution >= 0.6 is 0 Å². The zero-order chi connectivity index (χ0) is 43.8. The van der Waals surface area contributed by atoms with Gasteiger partial charge in [0.25, 0.3) is 0 Å². The summed E-state index contributed by atoms with van der Waals surface area (Å²) in [7, 11) is 0. The van der Waals surface area contributed by atoms with E-state index < -0.39 is 19.1 Å². The lowest BCUT2D eigenvalue weighted by Gasteiger charge is -2.25. The smallest absolute Gasteiger partial charge is 0.149 e. The molecule has 1 aliphatic carbocycles. The number of aromatic hydroxyl groups is 1. The van der Waals surface area contributed by atoms with E-state index in [1.165, 1.54) is 5.56 Å². The first kappa shape index (κ1) is 28.4. The molecule has 7 aromatic carbocycles. The molecule has 4 nitrogen and oxygen atoms in total. The van der Waals surface area contributed by atoms with Gasteiger partial charge in [-0.2, -0.15) is 0 Å². The van der Waals surface area contributed by atoms with E-state index in [-0.39, 0.29) is 16.9 Å². The molecule has 0 saturated carbocycles. The molecule has 2 heterocycles. The number of benzene rings is 7. The lowest BCUT2D eigenvalue weighted by molar-refractivity contribution is 0.477. The van der Waals surface area contributed by atoms with Crippen LogP contribution in [0, 0.1) is 13.7 Å². The van der Waals surface area contributed by atoms with Crippen LogP contribution in [0.15, 0.2) is 170 Å². The number of aryl methyl sites for hydroxylation is 2. The maximum absolute atomic E-state index is 11.4. The molecule has 0 radical (unpaired) electrons. The molecule has 1 aliphatic rings. The highest BCUT2D eigenvalue weighted by molar-refractivity contribution is 6.01. The van der Waals surface area contributed by atoms with Gasteiger partial charge in [-0.25, -0.2) is 4.98 Å². The van der Waals surface area contributed by atoms with Crippen LogP contribution in [0.4, 0.5) is 0 Å². The minimum absolute atomic E-state index is 0.0643. The highest BCUT2D eigenvalue weighted by Crippen LogP contribution is 2.54. The average Bonchev–Trinajstić information content (AvgIpc) is 3.78. The van der Waals surface area contributed by atoms with Gasteiger partial charge < -0.3 is 5.11 Å². The van der Waals surface area contributed by atoms with Crippen LogP contribution in [0.2, 0.25) is 0 Å². The fraction of sp³-hybridized carbons (Fsp3) is 0.0943. The summed E-state index contributed by atoms with van der Waals surface area (Å²) >= 11 is 0. The van der Waals surface area contributed by atoms with Gasteiger partial charge in [0.15, 0.2) is 0 Å². The number of pyridine rings is 1. The summed E-state index contributed by atoms with van der Waals surface area (Å²) < 4.78 is 50.5. The first-order chi connectivity index (χ1) is 30.2. The summed E-state index contributed by atoms with van der Waals surface area (Å²) in [6, 6.07) is 52.2. The van der Waals surface area contributed by atoms with E-state index in [1.807, 2.05) is 89.5 Å². The lowest BCUT2D eigenvalue weighted by atomic mass is 9.78. The molecule has 274 valence electrons. The Labute approximate surface area is 341 Å². The van der Waals surface area contributed by atoms with Gasteiger partial charge >= 0.3 is 0 Å². The molecular formula is C53H41N3O. The van der Waals surface area contributed by atoms with Crippen molar-refractivity contribution in [2.45, 2.75) is 33.0 Å². The molecule has 0 fully saturated rings. The van der Waals surface area contributed by atoms with Crippen LogP contribution in [-0.4, -0.2) is 19.6 Å². The normalized spacial score (nSPS) is 14.8. The monoisotopic (exact) mass is 741 g/mol. The second-order valence-electron chi connectivity index (χ2n) is 15.2. The maximum atomic E-state index is 11.4. The Morgan fingerprint density at radius 3 is 2.04 bits per heavy atom. The fourth-order valence-electron chi connectivity index (χ4n) is 8.70. The Morgan fingerprint density at radius 1 is 0.544 bits per heavy atom. The van der Waals surface area contributed by atoms with Gasteiger partial charge in [0.1, 0.15) is 11.6 Å². The Morgan fingerprint density at radius 2 is 1.25 bits per heavy atom. The number of rotatable bonds is 6. The highest BCUT2D eigenvalue weighted by Gasteiger charge is 2.38. The van der Waals surface area contributed by atoms with Crippen LogP contribution in [-0.2, 0) is 5.41 Å². The van der Waals surface area contributed by atoms with Crippen molar-refractivity contribution in [3.05, 3.63) is 192 Å². The first-order valence-corrected chi connectivity index (χ1v) is 19.0. The Hall–Kier alpha value is -7.04. The van der Waals surface area contributed by atoms with Gasteiger partial charge in [0.05, 0.1) is 28.0 Å². The summed E-state index contributed by atoms with van der Waals surface area (Å²) in [6.45, 7) is -0.00956. The molecular weight excluding hydrogens is 695 g/mol. The van der Waals surface area contributed by atoms with E-state index in [1.54, 1.807) is 42.6 Å². The van der Waals surface area contributed by atoms with Crippen LogP contribution < -0.4 is 0 Å². The van der Waals surface area contributed by atoms with Gasteiger partial charge in [0, 0.05) is 36.5 Å². The van der Waals surface area contributed by atoms with Gasteiger partial charge in [0.2, 0.25) is 0 Å². The summed E-state index contributed by atoms with van der Waals surface area (Å²) in [5, 5.41) is 11.4. The fourth-order valence-corrected chi connectivity index (χ4v) is 8.70. The van der Waals surface area contributed by atoms with Crippen LogP contribution in [0.1, 0.15) is 44.3 Å². The van der Waals surface area contributed by atoms with Crippen molar-refractivity contribution < 1.29 is 13.3 Å². The minimum Gasteiger partial charge on any atom is -0.507 e. The lowest BCUT2D eigenvalue weighted by Crippen LogP contribution is -2.16. The predicted octanol–water partition coefficient (Wildman–Crippen LogP) is 13.4. The van der Waals surface area contributed by atoms with Crippen LogP contribution in [0.3, 0.4) is 0 Å². The molecule has 0 saturated heterocycles. The van der Waals surface area contributed by atoms with Crippen molar-refractivity contribution in [3.8, 4) is 78.6 Å². The topological polar surface area (TPSA) is 50.9 Å². The Kier molecular flexibility index (Phi) is 6.63. The zero-order valence-electron chi connectivity index (χ0n) is 37.5. The van der Waals surface area contributed by atoms with E-state index in [0.717, 1.165) is 61.3 Å². The Balaban J connectivity index is 1.25. The molecule has 0 bridgehead atoms. The number of phenols is 1. The van der Waals surface area contributed by atoms with E-state index in [4.69, 9.17) is 18.2 Å². The highest BCUT2D eigenvalue weighted by atomic mass is 16.3. The SMILES string of the molecule is [2H]C([2H])([2H])c1ccc(-c2ccnc(-c3cc4c(c(-c5cccc6c5nc(-c5ccccc5O)n6-c5ccc(C([2H])([2H])[2H])cc5-c5ccccc5)c3)C(C)(C)c3ccccc3-4)c2)cc1. The summed E-state index contributed by atoms with van der Waals surface area (Å²) in [5.41, 5.74) is 14.3. The largest absolute Gasteiger partial charge is 0.507 e. The van der Waals surface area contributed by atoms with Crippen molar-refractivity contribution in [1.29, 1.82) is 0 Å². The summed E-state index contributed by atoms with van der Waals surface area (Å²) in [6.07, 6.45) is 1.79. The van der Waals surface area contributed by atoms with Crippen molar-refractivity contribution in [2.24, 2.45) is 0 Å². The van der Waals surface area contributed by atoms with Gasteiger partial charge in [-0.05, 0) is 113 Å². The third kappa shape index (κ3) is 5.67. The van der Waals surface area contributed by atoms with E-state index in [9.17, 15) is 5.11 Å². The average molecular weight is 742 g/mol. The Bertz CT molecular complexity index is 3240. The number of para-hydroxylation sites is 2. The number of hydrogen-bond donors (Lipinski definition) is 1. The molecule has 10 rings (SSSR count). The molecule has 0 amide bonds. The molecule has 57 heavy (non-hydrogen) atoms. The number of imidazole rings is 1. The summed E-state index contributed by atoms with van der Waals surface area (Å²) in [5.74, 6) is 0.568. The molecule has 0 aliphatic heterocycles. The van der Waals surface area contributed by atoms with Crippen molar-refractivity contribution in [2.75, 3.05) is 0 Å². The predicted molar refractivity (Wildman–Crippen MR) is 235 cm³/mol. The van der Waals surface area contributed by atoms with Crippen molar-refractivity contribution >= 4 is 11.0 Å². The molecule has 0 unspecified atom stereocenters. The number of phenolic OH excluding ortho intramolecular Hbond substituents is 1. The molecule has 0 atom stereocenters. The van der Waals surface area contributed by atoms with E-state index >= 15 is 0 Å². The van der Waals surface area contributed by atoms with E-state index in [2.05, 4.69) is 56.3 Å². The maximum Gasteiger partial charge on any atom is 0.149 e. The van der Waals surface area contributed by atoms with Crippen LogP contribution in [0.25, 0.3) is 83.9 Å². The molecule has 0 spiro atoms. The molecule has 4 heteroatoms. The summed E-state index contributed by atoms with van der Waals surface area (Å²) in [4.78, 5) is 10.3. The number of fused-ring (bicyclic) bond motifs is 4. The van der Waals surface area contributed by atoms with Crippen molar-refractivity contribution in [3.63, 3.8) is 0 Å². The minimum atomic E-state index is -2.33. The second kappa shape index (κ2) is 13.3. The van der Waals surface area contributed by atoms with Crippen molar-refractivity contribution in [1.82, 2.24) is 14.5 Å². The second-order valence-corrected chi connectivity index (χ2v) is 15.2. The standard InChI is InChI=1S/C53H41N3O/c1-33-21-24-35(25-22-33)37-27-28-54-46(32-37)38-30-43-39-15-8-10-18-45(39)53(3,4)50(43)44(31-38)40-17-12-19-48-51(40)55-52(41-16-9-11-20-49(41)57)56(48)47-26-23-34(2)29-42(47)36-13-6-5-7-14-36/h5-32,57H,1-4H3/i1D3,2D3. The quantitative estimate of drug-likeness (QED) is 0.185. The first-order valence-electron chi connectivity index (χ1n) is 22.0. The molecule has 1 N–H and O–H groups in total. The third-order valence-corrected chi connectivity index (χ3v) is 11.4. The molecule has 2 aromatic heterocycles. The third-order valence-electron chi connectivity index (χ3n) is 11.4. The zero-order valence-corrected chi connectivity index (χ0v) is 31.5. The number of hydrogen-bond acceptors (Lipinski definition) is 3. The number of aromatic nitrogens is 3. The molecule has 9 aromatic rings. The van der Waals surface area contributed by atoms with E-state index in [0.29, 0.717) is 28.2 Å². The van der Waals surface area contributed by atoms with Gasteiger partial charge in [-0.1, -0.05) is 134 Å². The van der Waals surface area contributed by atoms with Gasteiger partial charge in [-0.3, -0.25) is 9.55 Å².